The van der Waals surface area contributed by atoms with Gasteiger partial charge in [-0.1, -0.05) is 79.6 Å². The second-order valence-corrected chi connectivity index (χ2v) is 7.24. The molecule has 0 fully saturated rings. The van der Waals surface area contributed by atoms with Crippen molar-refractivity contribution in [1.82, 2.24) is 0 Å². The van der Waals surface area contributed by atoms with E-state index in [1.165, 1.54) is 6.08 Å². The third-order valence-electron chi connectivity index (χ3n) is 4.88. The van der Waals surface area contributed by atoms with Crippen molar-refractivity contribution in [2.24, 2.45) is 0 Å². The Labute approximate surface area is 177 Å². The van der Waals surface area contributed by atoms with Gasteiger partial charge in [-0.05, 0) is 47.4 Å². The maximum absolute atomic E-state index is 12.2. The fraction of sp³-hybridized carbons (Fsp3) is 0.185. The molecule has 0 amide bonds. The summed E-state index contributed by atoms with van der Waals surface area (Å²) in [6.45, 7) is 4.49. The summed E-state index contributed by atoms with van der Waals surface area (Å²) < 4.78 is 5.26. The van der Waals surface area contributed by atoms with Crippen LogP contribution in [0.3, 0.4) is 0 Å². The maximum atomic E-state index is 12.2. The zero-order valence-corrected chi connectivity index (χ0v) is 17.4. The molecule has 30 heavy (non-hydrogen) atoms. The van der Waals surface area contributed by atoms with Crippen LogP contribution in [0.2, 0.25) is 0 Å². The van der Waals surface area contributed by atoms with Gasteiger partial charge in [-0.25, -0.2) is 4.79 Å². The van der Waals surface area contributed by atoms with Crippen LogP contribution < -0.4 is 0 Å². The Morgan fingerprint density at radius 3 is 2.60 bits per heavy atom. The lowest BCUT2D eigenvalue weighted by atomic mass is 9.92. The summed E-state index contributed by atoms with van der Waals surface area (Å²) >= 11 is 0. The largest absolute Gasteiger partial charge is 0.463 e. The summed E-state index contributed by atoms with van der Waals surface area (Å²) in [5, 5.41) is 2.00. The number of benzene rings is 3. The number of aryl methyl sites for hydroxylation is 1. The molecule has 3 nitrogen and oxygen atoms in total. The minimum atomic E-state index is -0.383. The molecule has 0 bridgehead atoms. The van der Waals surface area contributed by atoms with Gasteiger partial charge in [0.25, 0.3) is 0 Å². The maximum Gasteiger partial charge on any atom is 0.330 e. The van der Waals surface area contributed by atoms with Gasteiger partial charge in [0, 0.05) is 17.2 Å². The lowest BCUT2D eigenvalue weighted by molar-refractivity contribution is -0.137. The Morgan fingerprint density at radius 1 is 1.00 bits per heavy atom. The van der Waals surface area contributed by atoms with E-state index in [1.54, 1.807) is 6.08 Å². The molecule has 152 valence electrons. The summed E-state index contributed by atoms with van der Waals surface area (Å²) in [7, 11) is 0. The highest BCUT2D eigenvalue weighted by atomic mass is 16.5. The molecule has 0 saturated heterocycles. The first kappa shape index (κ1) is 21.3. The van der Waals surface area contributed by atoms with Crippen LogP contribution >= 0.6 is 0 Å². The van der Waals surface area contributed by atoms with Gasteiger partial charge in [-0.15, -0.1) is 0 Å². The highest BCUT2D eigenvalue weighted by molar-refractivity contribution is 6.07. The molecule has 0 unspecified atom stereocenters. The average molecular weight is 399 g/mol. The number of hydrogen-bond donors (Lipinski definition) is 0. The van der Waals surface area contributed by atoms with E-state index in [-0.39, 0.29) is 5.97 Å². The van der Waals surface area contributed by atoms with Crippen molar-refractivity contribution in [3.05, 3.63) is 95.1 Å². The number of fused-ring (bicyclic) bond motifs is 1. The molecule has 3 rings (SSSR count). The molecular formula is C27H26O3. The van der Waals surface area contributed by atoms with E-state index in [0.717, 1.165) is 52.2 Å². The van der Waals surface area contributed by atoms with Gasteiger partial charge in [-0.2, -0.15) is 0 Å². The highest BCUT2D eigenvalue weighted by Crippen LogP contribution is 2.30. The Bertz CT molecular complexity index is 1110. The summed E-state index contributed by atoms with van der Waals surface area (Å²) in [6.07, 6.45) is 7.84. The predicted molar refractivity (Wildman–Crippen MR) is 123 cm³/mol. The van der Waals surface area contributed by atoms with Crippen LogP contribution in [0, 0.1) is 6.92 Å². The summed E-state index contributed by atoms with van der Waals surface area (Å²) in [5.74, 6) is -0.383. The molecule has 0 N–H and O–H groups in total. The normalized spacial score (nSPS) is 11.7. The quantitative estimate of drug-likeness (QED) is 0.110. The second-order valence-electron chi connectivity index (χ2n) is 7.24. The standard InChI is InChI=1S/C27H26O3/c1-3-4-16-30-26(29)15-14-23(18-21-9-7-8-20(2)17-21)27-24(19-28)13-12-22-10-5-6-11-25(22)27/h5-15,17-19H,3-4,16H2,1-2H3/b15-14+,23-18-. The minimum Gasteiger partial charge on any atom is -0.463 e. The van der Waals surface area contributed by atoms with E-state index in [2.05, 4.69) is 6.07 Å². The molecule has 0 radical (unpaired) electrons. The van der Waals surface area contributed by atoms with E-state index in [0.29, 0.717) is 12.2 Å². The number of carbonyl (C=O) groups excluding carboxylic acids is 2. The van der Waals surface area contributed by atoms with Crippen LogP contribution in [0.4, 0.5) is 0 Å². The van der Waals surface area contributed by atoms with E-state index >= 15 is 0 Å². The molecule has 0 heterocycles. The molecule has 0 aliphatic heterocycles. The van der Waals surface area contributed by atoms with Crippen LogP contribution in [0.1, 0.15) is 46.8 Å². The number of aldehydes is 1. The van der Waals surface area contributed by atoms with E-state index in [4.69, 9.17) is 4.74 Å². The van der Waals surface area contributed by atoms with Gasteiger partial charge in [-0.3, -0.25) is 4.79 Å². The minimum absolute atomic E-state index is 0.383. The Morgan fingerprint density at radius 2 is 1.83 bits per heavy atom. The first-order valence-corrected chi connectivity index (χ1v) is 10.2. The Hall–Kier alpha value is -3.46. The molecule has 0 saturated carbocycles. The van der Waals surface area contributed by atoms with Crippen LogP contribution in [-0.4, -0.2) is 18.9 Å². The first-order valence-electron chi connectivity index (χ1n) is 10.2. The first-order chi connectivity index (χ1) is 14.6. The molecule has 0 aliphatic rings. The van der Waals surface area contributed by atoms with Crippen molar-refractivity contribution in [3.8, 4) is 0 Å². The van der Waals surface area contributed by atoms with Crippen LogP contribution in [0.5, 0.6) is 0 Å². The van der Waals surface area contributed by atoms with E-state index in [9.17, 15) is 9.59 Å². The van der Waals surface area contributed by atoms with Crippen LogP contribution in [-0.2, 0) is 9.53 Å². The second kappa shape index (κ2) is 10.4. The number of esters is 1. The number of carbonyl (C=O) groups is 2. The van der Waals surface area contributed by atoms with Gasteiger partial charge in [0.2, 0.25) is 0 Å². The van der Waals surface area contributed by atoms with Crippen molar-refractivity contribution >= 4 is 34.7 Å². The van der Waals surface area contributed by atoms with Crippen molar-refractivity contribution in [1.29, 1.82) is 0 Å². The van der Waals surface area contributed by atoms with Gasteiger partial charge in [0.15, 0.2) is 6.29 Å². The molecule has 3 aromatic carbocycles. The third-order valence-corrected chi connectivity index (χ3v) is 4.88. The molecule has 0 spiro atoms. The Balaban J connectivity index is 2.12. The zero-order valence-electron chi connectivity index (χ0n) is 17.4. The number of rotatable bonds is 8. The number of unbranched alkanes of at least 4 members (excludes halogenated alkanes) is 1. The predicted octanol–water partition coefficient (Wildman–Crippen LogP) is 6.40. The topological polar surface area (TPSA) is 43.4 Å². The van der Waals surface area contributed by atoms with Crippen molar-refractivity contribution in [3.63, 3.8) is 0 Å². The van der Waals surface area contributed by atoms with E-state index < -0.39 is 0 Å². The molecular weight excluding hydrogens is 372 g/mol. The molecule has 0 aromatic heterocycles. The highest BCUT2D eigenvalue weighted by Gasteiger charge is 2.11. The summed E-state index contributed by atoms with van der Waals surface area (Å²) in [4.78, 5) is 24.0. The third kappa shape index (κ3) is 5.32. The Kier molecular flexibility index (Phi) is 7.34. The average Bonchev–Trinajstić information content (AvgIpc) is 2.76. The van der Waals surface area contributed by atoms with E-state index in [1.807, 2.05) is 74.5 Å². The van der Waals surface area contributed by atoms with Crippen molar-refractivity contribution in [2.45, 2.75) is 26.7 Å². The molecule has 0 atom stereocenters. The molecule has 3 aromatic rings. The number of hydrogen-bond acceptors (Lipinski definition) is 3. The van der Waals surface area contributed by atoms with Gasteiger partial charge < -0.3 is 4.74 Å². The van der Waals surface area contributed by atoms with Crippen LogP contribution in [0.25, 0.3) is 22.4 Å². The van der Waals surface area contributed by atoms with Gasteiger partial charge >= 0.3 is 5.97 Å². The molecule has 3 heteroatoms. The van der Waals surface area contributed by atoms with Gasteiger partial charge in [0.05, 0.1) is 6.61 Å². The molecule has 0 aliphatic carbocycles. The monoisotopic (exact) mass is 398 g/mol. The summed E-state index contributed by atoms with van der Waals surface area (Å²) in [5.41, 5.74) is 4.31. The van der Waals surface area contributed by atoms with Crippen LogP contribution in [0.15, 0.2) is 72.8 Å². The van der Waals surface area contributed by atoms with Gasteiger partial charge in [0.1, 0.15) is 0 Å². The lowest BCUT2D eigenvalue weighted by Gasteiger charge is -2.12. The fourth-order valence-corrected chi connectivity index (χ4v) is 3.37. The number of allylic oxidation sites excluding steroid dienone is 2. The smallest absolute Gasteiger partial charge is 0.330 e. The summed E-state index contributed by atoms with van der Waals surface area (Å²) in [6, 6.07) is 19.8. The lowest BCUT2D eigenvalue weighted by Crippen LogP contribution is -2.02. The zero-order chi connectivity index (χ0) is 21.3. The van der Waals surface area contributed by atoms with Crippen molar-refractivity contribution < 1.29 is 14.3 Å². The van der Waals surface area contributed by atoms with Crippen molar-refractivity contribution in [2.75, 3.05) is 6.61 Å². The fourth-order valence-electron chi connectivity index (χ4n) is 3.37. The number of ether oxygens (including phenoxy) is 1. The SMILES string of the molecule is CCCCOC(=O)/C=C/C(=C/c1cccc(C)c1)c1c(C=O)ccc2ccccc12.